The first-order chi connectivity index (χ1) is 10.00. The van der Waals surface area contributed by atoms with Crippen molar-refractivity contribution in [3.63, 3.8) is 0 Å². The third-order valence-electron chi connectivity index (χ3n) is 4.31. The van der Waals surface area contributed by atoms with Crippen molar-refractivity contribution in [2.24, 2.45) is 0 Å². The number of piperidine rings is 1. The molecule has 0 saturated carbocycles. The number of fused-ring (bicyclic) bond motifs is 1. The normalized spacial score (nSPS) is 26.6. The average Bonchev–Trinajstić information content (AvgIpc) is 2.46. The molecule has 2 unspecified atom stereocenters. The Bertz CT molecular complexity index is 620. The summed E-state index contributed by atoms with van der Waals surface area (Å²) in [5.41, 5.74) is 0.764. The fourth-order valence-corrected chi connectivity index (χ4v) is 5.18. The van der Waals surface area contributed by atoms with Gasteiger partial charge in [-0.3, -0.25) is 0 Å². The first kappa shape index (κ1) is 14.7. The summed E-state index contributed by atoms with van der Waals surface area (Å²) in [5, 5.41) is 3.19. The Hall–Kier alpha value is -1.27. The molecule has 1 saturated heterocycles. The minimum atomic E-state index is -3.46. The molecular weight excluding hydrogens is 288 g/mol. The topological polar surface area (TPSA) is 58.6 Å². The quantitative estimate of drug-likeness (QED) is 0.911. The highest BCUT2D eigenvalue weighted by Gasteiger charge is 2.36. The van der Waals surface area contributed by atoms with E-state index in [1.165, 1.54) is 0 Å². The second-order valence-corrected chi connectivity index (χ2v) is 7.74. The zero-order valence-corrected chi connectivity index (χ0v) is 13.3. The second kappa shape index (κ2) is 5.50. The molecule has 0 bridgehead atoms. The number of nitrogens with zero attached hydrogens (tertiary/aromatic N) is 1. The summed E-state index contributed by atoms with van der Waals surface area (Å²) in [6.07, 6.45) is 2.94. The maximum atomic E-state index is 13.0. The van der Waals surface area contributed by atoms with Crippen molar-refractivity contribution in [1.29, 1.82) is 0 Å². The Morgan fingerprint density at radius 1 is 1.24 bits per heavy atom. The Kier molecular flexibility index (Phi) is 3.84. The summed E-state index contributed by atoms with van der Waals surface area (Å²) in [7, 11) is -3.46. The molecule has 1 N–H and O–H groups in total. The first-order valence-corrected chi connectivity index (χ1v) is 8.98. The molecule has 5 nitrogen and oxygen atoms in total. The number of nitrogens with one attached hydrogen (secondary N) is 1. The number of benzene rings is 1. The van der Waals surface area contributed by atoms with Gasteiger partial charge in [-0.1, -0.05) is 6.42 Å². The average molecular weight is 310 g/mol. The summed E-state index contributed by atoms with van der Waals surface area (Å²) in [5.74, 6) is 0.722. The van der Waals surface area contributed by atoms with Gasteiger partial charge in [-0.25, -0.2) is 8.42 Å². The van der Waals surface area contributed by atoms with Gasteiger partial charge in [0.2, 0.25) is 10.0 Å². The van der Waals surface area contributed by atoms with E-state index in [2.05, 4.69) is 5.32 Å². The van der Waals surface area contributed by atoms with Crippen LogP contribution >= 0.6 is 0 Å². The zero-order valence-electron chi connectivity index (χ0n) is 12.5. The number of anilines is 1. The predicted octanol–water partition coefficient (Wildman–Crippen LogP) is 2.44. The van der Waals surface area contributed by atoms with Crippen molar-refractivity contribution >= 4 is 15.7 Å². The number of sulfonamides is 1. The molecule has 1 aromatic rings. The van der Waals surface area contributed by atoms with Crippen molar-refractivity contribution in [3.05, 3.63) is 18.2 Å². The van der Waals surface area contributed by atoms with Gasteiger partial charge in [-0.05, 0) is 44.9 Å². The van der Waals surface area contributed by atoms with Crippen LogP contribution in [-0.4, -0.2) is 38.0 Å². The summed E-state index contributed by atoms with van der Waals surface area (Å²) in [6.45, 7) is 5.30. The van der Waals surface area contributed by atoms with Crippen LogP contribution in [0.1, 0.15) is 33.1 Å². The number of hydrogen-bond acceptors (Lipinski definition) is 4. The fourth-order valence-electron chi connectivity index (χ4n) is 3.27. The molecule has 2 aliphatic heterocycles. The molecule has 0 radical (unpaired) electrons. The van der Waals surface area contributed by atoms with Crippen LogP contribution in [0.25, 0.3) is 0 Å². The summed E-state index contributed by atoms with van der Waals surface area (Å²) in [6, 6.07) is 5.19. The monoisotopic (exact) mass is 310 g/mol. The molecule has 2 atom stereocenters. The van der Waals surface area contributed by atoms with Gasteiger partial charge in [0.05, 0.1) is 10.6 Å². The molecule has 0 spiro atoms. The molecular formula is C15H22N2O3S. The third-order valence-corrected chi connectivity index (χ3v) is 6.44. The van der Waals surface area contributed by atoms with Crippen LogP contribution in [0.15, 0.2) is 23.1 Å². The van der Waals surface area contributed by atoms with Crippen LogP contribution in [0.5, 0.6) is 5.75 Å². The van der Waals surface area contributed by atoms with Gasteiger partial charge in [0, 0.05) is 18.6 Å². The molecule has 0 amide bonds. The minimum absolute atomic E-state index is 0.0546. The summed E-state index contributed by atoms with van der Waals surface area (Å²) in [4.78, 5) is 0.347. The predicted molar refractivity (Wildman–Crippen MR) is 82.2 cm³/mol. The second-order valence-electron chi connectivity index (χ2n) is 5.90. The molecule has 116 valence electrons. The molecule has 6 heteroatoms. The van der Waals surface area contributed by atoms with Crippen LogP contribution in [0.3, 0.4) is 0 Å². The van der Waals surface area contributed by atoms with Gasteiger partial charge in [-0.15, -0.1) is 0 Å². The van der Waals surface area contributed by atoms with Crippen LogP contribution in [0.2, 0.25) is 0 Å². The minimum Gasteiger partial charge on any atom is -0.490 e. The number of ether oxygens (including phenoxy) is 1. The van der Waals surface area contributed by atoms with E-state index in [1.807, 2.05) is 13.8 Å². The van der Waals surface area contributed by atoms with Crippen LogP contribution in [0.4, 0.5) is 5.69 Å². The zero-order chi connectivity index (χ0) is 15.0. The highest BCUT2D eigenvalue weighted by Crippen LogP contribution is 2.34. The molecule has 2 aliphatic rings. The maximum absolute atomic E-state index is 13.0. The molecule has 21 heavy (non-hydrogen) atoms. The van der Waals surface area contributed by atoms with E-state index >= 15 is 0 Å². The standard InChI is InChI=1S/C15H22N2O3S/c1-11-4-3-5-12(2)17(11)21(18,19)13-6-7-15-14(10-13)16-8-9-20-15/h6-7,10-12,16H,3-5,8-9H2,1-2H3. The molecule has 3 rings (SSSR count). The van der Waals surface area contributed by atoms with Crippen molar-refractivity contribution < 1.29 is 13.2 Å². The molecule has 1 fully saturated rings. The van der Waals surface area contributed by atoms with Gasteiger partial charge in [0.1, 0.15) is 12.4 Å². The van der Waals surface area contributed by atoms with Gasteiger partial charge >= 0.3 is 0 Å². The van der Waals surface area contributed by atoms with Crippen molar-refractivity contribution in [3.8, 4) is 5.75 Å². The van der Waals surface area contributed by atoms with E-state index in [-0.39, 0.29) is 12.1 Å². The lowest BCUT2D eigenvalue weighted by Crippen LogP contribution is -2.47. The van der Waals surface area contributed by atoms with Crippen LogP contribution < -0.4 is 10.1 Å². The van der Waals surface area contributed by atoms with Gasteiger partial charge in [0.25, 0.3) is 0 Å². The van der Waals surface area contributed by atoms with Crippen LogP contribution in [-0.2, 0) is 10.0 Å². The Morgan fingerprint density at radius 2 is 1.95 bits per heavy atom. The lowest BCUT2D eigenvalue weighted by molar-refractivity contribution is 0.204. The fraction of sp³-hybridized carbons (Fsp3) is 0.600. The Morgan fingerprint density at radius 3 is 2.67 bits per heavy atom. The third kappa shape index (κ3) is 2.62. The Balaban J connectivity index is 1.97. The lowest BCUT2D eigenvalue weighted by Gasteiger charge is -2.37. The molecule has 2 heterocycles. The van der Waals surface area contributed by atoms with Gasteiger partial charge in [0.15, 0.2) is 0 Å². The largest absolute Gasteiger partial charge is 0.490 e. The van der Waals surface area contributed by atoms with E-state index in [0.29, 0.717) is 18.0 Å². The summed E-state index contributed by atoms with van der Waals surface area (Å²) >= 11 is 0. The first-order valence-electron chi connectivity index (χ1n) is 7.54. The highest BCUT2D eigenvalue weighted by atomic mass is 32.2. The van der Waals surface area contributed by atoms with Gasteiger partial charge in [-0.2, -0.15) is 4.31 Å². The van der Waals surface area contributed by atoms with Crippen molar-refractivity contribution in [1.82, 2.24) is 4.31 Å². The summed E-state index contributed by atoms with van der Waals surface area (Å²) < 4.78 is 33.1. The molecule has 0 aliphatic carbocycles. The smallest absolute Gasteiger partial charge is 0.243 e. The van der Waals surface area contributed by atoms with E-state index in [9.17, 15) is 8.42 Å². The van der Waals surface area contributed by atoms with E-state index in [1.54, 1.807) is 22.5 Å². The SMILES string of the molecule is CC1CCCC(C)N1S(=O)(=O)c1ccc2c(c1)NCCO2. The number of hydrogen-bond donors (Lipinski definition) is 1. The maximum Gasteiger partial charge on any atom is 0.243 e. The van der Waals surface area contributed by atoms with Crippen LogP contribution in [0, 0.1) is 0 Å². The molecule has 1 aromatic carbocycles. The number of rotatable bonds is 2. The van der Waals surface area contributed by atoms with Gasteiger partial charge < -0.3 is 10.1 Å². The Labute approximate surface area is 126 Å². The molecule has 0 aromatic heterocycles. The lowest BCUT2D eigenvalue weighted by atomic mass is 10.0. The van der Waals surface area contributed by atoms with Crippen molar-refractivity contribution in [2.75, 3.05) is 18.5 Å². The van der Waals surface area contributed by atoms with E-state index in [4.69, 9.17) is 4.74 Å². The van der Waals surface area contributed by atoms with Crippen molar-refractivity contribution in [2.45, 2.75) is 50.1 Å². The highest BCUT2D eigenvalue weighted by molar-refractivity contribution is 7.89. The van der Waals surface area contributed by atoms with E-state index < -0.39 is 10.0 Å². The van der Waals surface area contributed by atoms with E-state index in [0.717, 1.165) is 30.7 Å².